The minimum Gasteiger partial charge on any atom is -0.325 e. The Labute approximate surface area is 113 Å². The van der Waals surface area contributed by atoms with Gasteiger partial charge in [0.15, 0.2) is 4.34 Å². The van der Waals surface area contributed by atoms with Crippen molar-refractivity contribution in [1.82, 2.24) is 9.97 Å². The Hall–Kier alpha value is -1.43. The van der Waals surface area contributed by atoms with Crippen molar-refractivity contribution in [2.75, 3.05) is 0 Å². The Kier molecular flexibility index (Phi) is 3.27. The SMILES string of the molecule is NCc1cc(Sc2nc3ccccc3s2)ccn1. The predicted molar refractivity (Wildman–Crippen MR) is 75.9 cm³/mol. The zero-order valence-corrected chi connectivity index (χ0v) is 11.2. The molecule has 0 fully saturated rings. The molecule has 3 aromatic rings. The van der Waals surface area contributed by atoms with Gasteiger partial charge in [-0.2, -0.15) is 0 Å². The number of nitrogens with zero attached hydrogens (tertiary/aromatic N) is 2. The van der Waals surface area contributed by atoms with Crippen molar-refractivity contribution < 1.29 is 0 Å². The molecule has 18 heavy (non-hydrogen) atoms. The van der Waals surface area contributed by atoms with Crippen molar-refractivity contribution >= 4 is 33.3 Å². The molecule has 0 bridgehead atoms. The second-order valence-electron chi connectivity index (χ2n) is 3.74. The van der Waals surface area contributed by atoms with Gasteiger partial charge in [-0.1, -0.05) is 23.9 Å². The van der Waals surface area contributed by atoms with E-state index in [2.05, 4.69) is 16.0 Å². The molecule has 5 heteroatoms. The Balaban J connectivity index is 1.91. The average Bonchev–Trinajstić information content (AvgIpc) is 2.81. The summed E-state index contributed by atoms with van der Waals surface area (Å²) >= 11 is 3.36. The highest BCUT2D eigenvalue weighted by molar-refractivity contribution is 8.01. The first-order chi connectivity index (χ1) is 8.85. The molecule has 2 N–H and O–H groups in total. The maximum atomic E-state index is 5.59. The minimum absolute atomic E-state index is 0.467. The monoisotopic (exact) mass is 273 g/mol. The number of rotatable bonds is 3. The number of fused-ring (bicyclic) bond motifs is 1. The smallest absolute Gasteiger partial charge is 0.155 e. The van der Waals surface area contributed by atoms with Crippen LogP contribution in [0.3, 0.4) is 0 Å². The summed E-state index contributed by atoms with van der Waals surface area (Å²) in [4.78, 5) is 9.91. The molecule has 0 saturated carbocycles. The molecule has 0 saturated heterocycles. The topological polar surface area (TPSA) is 51.8 Å². The third-order valence-corrected chi connectivity index (χ3v) is 4.56. The highest BCUT2D eigenvalue weighted by Gasteiger charge is 2.05. The van der Waals surface area contributed by atoms with Gasteiger partial charge in [0.2, 0.25) is 0 Å². The summed E-state index contributed by atoms with van der Waals surface area (Å²) in [5.41, 5.74) is 7.55. The van der Waals surface area contributed by atoms with Crippen molar-refractivity contribution in [3.8, 4) is 0 Å². The van der Waals surface area contributed by atoms with Gasteiger partial charge in [-0.05, 0) is 24.3 Å². The van der Waals surface area contributed by atoms with E-state index in [1.165, 1.54) is 4.70 Å². The van der Waals surface area contributed by atoms with Gasteiger partial charge in [0, 0.05) is 17.6 Å². The van der Waals surface area contributed by atoms with Crippen molar-refractivity contribution in [2.24, 2.45) is 5.73 Å². The molecular weight excluding hydrogens is 262 g/mol. The Morgan fingerprint density at radius 2 is 2.11 bits per heavy atom. The second kappa shape index (κ2) is 5.06. The molecule has 2 heterocycles. The lowest BCUT2D eigenvalue weighted by atomic mass is 10.3. The van der Waals surface area contributed by atoms with Crippen LogP contribution in [-0.2, 0) is 6.54 Å². The Morgan fingerprint density at radius 1 is 1.22 bits per heavy atom. The number of para-hydroxylation sites is 1. The summed E-state index contributed by atoms with van der Waals surface area (Å²) in [6, 6.07) is 12.2. The molecule has 0 aliphatic carbocycles. The van der Waals surface area contributed by atoms with Crippen LogP contribution in [0, 0.1) is 0 Å². The van der Waals surface area contributed by atoms with Crippen LogP contribution in [0.1, 0.15) is 5.69 Å². The van der Waals surface area contributed by atoms with E-state index in [0.717, 1.165) is 20.4 Å². The largest absolute Gasteiger partial charge is 0.325 e. The molecule has 0 atom stereocenters. The van der Waals surface area contributed by atoms with Crippen molar-refractivity contribution in [3.63, 3.8) is 0 Å². The van der Waals surface area contributed by atoms with E-state index in [4.69, 9.17) is 5.73 Å². The highest BCUT2D eigenvalue weighted by atomic mass is 32.2. The third-order valence-electron chi connectivity index (χ3n) is 2.48. The fraction of sp³-hybridized carbons (Fsp3) is 0.0769. The average molecular weight is 273 g/mol. The summed E-state index contributed by atoms with van der Waals surface area (Å²) in [7, 11) is 0. The van der Waals surface area contributed by atoms with Crippen LogP contribution in [0.25, 0.3) is 10.2 Å². The maximum Gasteiger partial charge on any atom is 0.155 e. The standard InChI is InChI=1S/C13H11N3S2/c14-8-9-7-10(5-6-15-9)17-13-16-11-3-1-2-4-12(11)18-13/h1-7H,8,14H2. The molecule has 1 aromatic carbocycles. The molecule has 0 unspecified atom stereocenters. The van der Waals surface area contributed by atoms with E-state index in [9.17, 15) is 0 Å². The summed E-state index contributed by atoms with van der Waals surface area (Å²) in [6.07, 6.45) is 1.79. The lowest BCUT2D eigenvalue weighted by Gasteiger charge is -1.99. The van der Waals surface area contributed by atoms with E-state index in [0.29, 0.717) is 6.54 Å². The van der Waals surface area contributed by atoms with Crippen molar-refractivity contribution in [3.05, 3.63) is 48.3 Å². The van der Waals surface area contributed by atoms with Gasteiger partial charge in [-0.15, -0.1) is 11.3 Å². The molecule has 0 amide bonds. The summed E-state index contributed by atoms with van der Waals surface area (Å²) < 4.78 is 2.26. The Morgan fingerprint density at radius 3 is 2.94 bits per heavy atom. The molecule has 90 valence electrons. The lowest BCUT2D eigenvalue weighted by Crippen LogP contribution is -1.98. The summed E-state index contributed by atoms with van der Waals surface area (Å²) in [5, 5.41) is 0. The molecule has 3 nitrogen and oxygen atoms in total. The second-order valence-corrected chi connectivity index (χ2v) is 6.09. The van der Waals surface area contributed by atoms with Crippen LogP contribution in [0.4, 0.5) is 0 Å². The van der Waals surface area contributed by atoms with Crippen LogP contribution in [0.15, 0.2) is 51.8 Å². The first-order valence-corrected chi connectivity index (χ1v) is 7.17. The highest BCUT2D eigenvalue weighted by Crippen LogP contribution is 2.34. The molecule has 3 rings (SSSR count). The molecule has 0 aliphatic heterocycles. The van der Waals surface area contributed by atoms with Gasteiger partial charge in [0.05, 0.1) is 15.9 Å². The van der Waals surface area contributed by atoms with Crippen LogP contribution in [0.5, 0.6) is 0 Å². The summed E-state index contributed by atoms with van der Waals surface area (Å²) in [6.45, 7) is 0.467. The third kappa shape index (κ3) is 2.38. The van der Waals surface area contributed by atoms with E-state index < -0.39 is 0 Å². The molecule has 0 aliphatic rings. The number of hydrogen-bond acceptors (Lipinski definition) is 5. The fourth-order valence-electron chi connectivity index (χ4n) is 1.63. The number of pyridine rings is 1. The van der Waals surface area contributed by atoms with Crippen LogP contribution in [-0.4, -0.2) is 9.97 Å². The number of benzene rings is 1. The molecule has 0 spiro atoms. The van der Waals surface area contributed by atoms with Gasteiger partial charge in [-0.3, -0.25) is 4.98 Å². The zero-order chi connectivity index (χ0) is 12.4. The zero-order valence-electron chi connectivity index (χ0n) is 9.54. The van der Waals surface area contributed by atoms with Crippen LogP contribution >= 0.6 is 23.1 Å². The molecular formula is C13H11N3S2. The molecule has 0 radical (unpaired) electrons. The first-order valence-electron chi connectivity index (χ1n) is 5.53. The van der Waals surface area contributed by atoms with Gasteiger partial charge in [0.25, 0.3) is 0 Å². The number of hydrogen-bond donors (Lipinski definition) is 1. The van der Waals surface area contributed by atoms with E-state index in [1.807, 2.05) is 30.3 Å². The number of aromatic nitrogens is 2. The lowest BCUT2D eigenvalue weighted by molar-refractivity contribution is 0.976. The van der Waals surface area contributed by atoms with E-state index in [1.54, 1.807) is 29.3 Å². The maximum absolute atomic E-state index is 5.59. The van der Waals surface area contributed by atoms with Gasteiger partial charge in [0.1, 0.15) is 0 Å². The first kappa shape index (κ1) is 11.6. The van der Waals surface area contributed by atoms with E-state index >= 15 is 0 Å². The Bertz CT molecular complexity index is 646. The molecule has 2 aromatic heterocycles. The quantitative estimate of drug-likeness (QED) is 0.795. The minimum atomic E-state index is 0.467. The van der Waals surface area contributed by atoms with Gasteiger partial charge < -0.3 is 5.73 Å². The predicted octanol–water partition coefficient (Wildman–Crippen LogP) is 3.30. The normalized spacial score (nSPS) is 10.9. The number of thiazole rings is 1. The number of nitrogens with two attached hydrogens (primary N) is 1. The van der Waals surface area contributed by atoms with Gasteiger partial charge in [-0.25, -0.2) is 4.98 Å². The van der Waals surface area contributed by atoms with Crippen molar-refractivity contribution in [2.45, 2.75) is 15.8 Å². The van der Waals surface area contributed by atoms with Crippen molar-refractivity contribution in [1.29, 1.82) is 0 Å². The fourth-order valence-corrected chi connectivity index (χ4v) is 3.72. The van der Waals surface area contributed by atoms with Crippen LogP contribution < -0.4 is 5.73 Å². The summed E-state index contributed by atoms with van der Waals surface area (Å²) in [5.74, 6) is 0. The van der Waals surface area contributed by atoms with E-state index in [-0.39, 0.29) is 0 Å². The van der Waals surface area contributed by atoms with Crippen LogP contribution in [0.2, 0.25) is 0 Å². The van der Waals surface area contributed by atoms with Gasteiger partial charge >= 0.3 is 0 Å².